The van der Waals surface area contributed by atoms with E-state index in [-0.39, 0.29) is 6.03 Å². The van der Waals surface area contributed by atoms with Crippen molar-refractivity contribution in [2.45, 2.75) is 43.2 Å². The van der Waals surface area contributed by atoms with E-state index in [4.69, 9.17) is 4.74 Å². The molecule has 1 aromatic carbocycles. The number of urea groups is 1. The highest BCUT2D eigenvalue weighted by molar-refractivity contribution is 5.88. The number of nitrogens with zero attached hydrogens (tertiary/aromatic N) is 1. The van der Waals surface area contributed by atoms with Gasteiger partial charge in [-0.3, -0.25) is 5.32 Å². The van der Waals surface area contributed by atoms with Crippen molar-refractivity contribution in [3.8, 4) is 0 Å². The summed E-state index contributed by atoms with van der Waals surface area (Å²) in [7, 11) is 0. The number of rotatable bonds is 5. The average molecular weight is 367 g/mol. The van der Waals surface area contributed by atoms with Crippen LogP contribution in [-0.2, 0) is 4.74 Å². The third kappa shape index (κ3) is 3.96. The molecule has 1 aliphatic carbocycles. The standard InChI is InChI=1S/C21H25N3O3/c25-20(23-18-13-16(7-11-22-18)17-8-12-27-14-17)24-19(21(26)9-4-10-21)15-5-2-1-3-6-15/h1-3,5-7,11,13,17,19,26H,4,8-10,12,14H2,(H2,22,23,24,25). The third-order valence-corrected chi connectivity index (χ3v) is 5.59. The minimum atomic E-state index is -0.894. The molecule has 0 radical (unpaired) electrons. The second-order valence-corrected chi connectivity index (χ2v) is 7.43. The van der Waals surface area contributed by atoms with Gasteiger partial charge in [0, 0.05) is 18.7 Å². The van der Waals surface area contributed by atoms with Crippen LogP contribution in [0, 0.1) is 0 Å². The summed E-state index contributed by atoms with van der Waals surface area (Å²) < 4.78 is 5.44. The number of aromatic nitrogens is 1. The van der Waals surface area contributed by atoms with Crippen LogP contribution in [0.25, 0.3) is 0 Å². The zero-order chi connectivity index (χ0) is 18.7. The lowest BCUT2D eigenvalue weighted by atomic mass is 9.72. The highest BCUT2D eigenvalue weighted by atomic mass is 16.5. The van der Waals surface area contributed by atoms with E-state index in [0.29, 0.717) is 31.2 Å². The Morgan fingerprint density at radius 3 is 2.74 bits per heavy atom. The molecule has 3 N–H and O–H groups in total. The van der Waals surface area contributed by atoms with Gasteiger partial charge in [-0.05, 0) is 48.9 Å². The molecule has 1 saturated carbocycles. The van der Waals surface area contributed by atoms with Crippen LogP contribution in [0.15, 0.2) is 48.7 Å². The van der Waals surface area contributed by atoms with Gasteiger partial charge in [-0.15, -0.1) is 0 Å². The van der Waals surface area contributed by atoms with E-state index in [2.05, 4.69) is 15.6 Å². The summed E-state index contributed by atoms with van der Waals surface area (Å²) in [6.45, 7) is 1.48. The smallest absolute Gasteiger partial charge is 0.320 e. The Balaban J connectivity index is 1.46. The summed E-state index contributed by atoms with van der Waals surface area (Å²) in [5, 5.41) is 16.6. The highest BCUT2D eigenvalue weighted by Gasteiger charge is 2.43. The van der Waals surface area contributed by atoms with Gasteiger partial charge in [0.1, 0.15) is 5.82 Å². The fourth-order valence-electron chi connectivity index (χ4n) is 3.85. The first kappa shape index (κ1) is 17.9. The van der Waals surface area contributed by atoms with Gasteiger partial charge in [0.25, 0.3) is 0 Å². The maximum Gasteiger partial charge on any atom is 0.320 e. The topological polar surface area (TPSA) is 83.5 Å². The Kier molecular flexibility index (Phi) is 5.09. The molecular formula is C21H25N3O3. The molecule has 142 valence electrons. The molecule has 1 aromatic heterocycles. The first-order valence-electron chi connectivity index (χ1n) is 9.53. The monoisotopic (exact) mass is 367 g/mol. The SMILES string of the molecule is O=C(Nc1cc(C2CCOC2)ccn1)NC(c1ccccc1)C1(O)CCC1. The number of pyridine rings is 1. The largest absolute Gasteiger partial charge is 0.387 e. The number of anilines is 1. The maximum atomic E-state index is 12.6. The first-order chi connectivity index (χ1) is 13.1. The summed E-state index contributed by atoms with van der Waals surface area (Å²) in [5.41, 5.74) is 1.13. The first-order valence-corrected chi connectivity index (χ1v) is 9.53. The predicted molar refractivity (Wildman–Crippen MR) is 103 cm³/mol. The number of nitrogens with one attached hydrogen (secondary N) is 2. The molecule has 2 amide bonds. The van der Waals surface area contributed by atoms with Crippen molar-refractivity contribution in [3.05, 3.63) is 59.8 Å². The van der Waals surface area contributed by atoms with Gasteiger partial charge in [-0.2, -0.15) is 0 Å². The quantitative estimate of drug-likeness (QED) is 0.757. The van der Waals surface area contributed by atoms with E-state index in [1.807, 2.05) is 42.5 Å². The Morgan fingerprint density at radius 1 is 1.26 bits per heavy atom. The van der Waals surface area contributed by atoms with Gasteiger partial charge < -0.3 is 15.2 Å². The van der Waals surface area contributed by atoms with Crippen LogP contribution in [0.3, 0.4) is 0 Å². The lowest BCUT2D eigenvalue weighted by Gasteiger charge is -2.43. The molecule has 6 heteroatoms. The zero-order valence-electron chi connectivity index (χ0n) is 15.2. The summed E-state index contributed by atoms with van der Waals surface area (Å²) in [4.78, 5) is 16.9. The molecule has 2 heterocycles. The van der Waals surface area contributed by atoms with Crippen molar-refractivity contribution in [3.63, 3.8) is 0 Å². The molecule has 4 rings (SSSR count). The predicted octanol–water partition coefficient (Wildman–Crippen LogP) is 3.36. The molecule has 1 aliphatic heterocycles. The molecule has 27 heavy (non-hydrogen) atoms. The van der Waals surface area contributed by atoms with E-state index in [0.717, 1.165) is 30.6 Å². The van der Waals surface area contributed by atoms with Gasteiger partial charge in [0.2, 0.25) is 0 Å². The maximum absolute atomic E-state index is 12.6. The number of benzene rings is 1. The van der Waals surface area contributed by atoms with E-state index < -0.39 is 11.6 Å². The molecule has 2 aromatic rings. The van der Waals surface area contributed by atoms with Crippen LogP contribution in [0.1, 0.15) is 48.8 Å². The van der Waals surface area contributed by atoms with Gasteiger partial charge in [0.15, 0.2) is 0 Å². The third-order valence-electron chi connectivity index (χ3n) is 5.59. The van der Waals surface area contributed by atoms with Crippen molar-refractivity contribution in [1.82, 2.24) is 10.3 Å². The minimum absolute atomic E-state index is 0.351. The fraction of sp³-hybridized carbons (Fsp3) is 0.429. The number of hydrogen-bond acceptors (Lipinski definition) is 4. The van der Waals surface area contributed by atoms with Crippen LogP contribution in [0.4, 0.5) is 10.6 Å². The molecule has 2 fully saturated rings. The molecule has 2 unspecified atom stereocenters. The van der Waals surface area contributed by atoms with Gasteiger partial charge >= 0.3 is 6.03 Å². The second kappa shape index (κ2) is 7.66. The van der Waals surface area contributed by atoms with Gasteiger partial charge in [0.05, 0.1) is 18.2 Å². The fourth-order valence-corrected chi connectivity index (χ4v) is 3.85. The number of aliphatic hydroxyl groups is 1. The van der Waals surface area contributed by atoms with E-state index in [1.54, 1.807) is 6.20 Å². The number of hydrogen-bond donors (Lipinski definition) is 3. The van der Waals surface area contributed by atoms with Crippen molar-refractivity contribution in [2.75, 3.05) is 18.5 Å². The van der Waals surface area contributed by atoms with Crippen LogP contribution >= 0.6 is 0 Å². The Labute approximate surface area is 159 Å². The Hall–Kier alpha value is -2.44. The normalized spacial score (nSPS) is 21.9. The summed E-state index contributed by atoms with van der Waals surface area (Å²) >= 11 is 0. The minimum Gasteiger partial charge on any atom is -0.387 e. The molecular weight excluding hydrogens is 342 g/mol. The van der Waals surface area contributed by atoms with E-state index >= 15 is 0 Å². The average Bonchev–Trinajstić information content (AvgIpc) is 3.20. The molecule has 0 spiro atoms. The van der Waals surface area contributed by atoms with Gasteiger partial charge in [-0.1, -0.05) is 30.3 Å². The van der Waals surface area contributed by atoms with E-state index in [1.165, 1.54) is 0 Å². The van der Waals surface area contributed by atoms with Crippen LogP contribution < -0.4 is 10.6 Å². The Morgan fingerprint density at radius 2 is 2.07 bits per heavy atom. The van der Waals surface area contributed by atoms with Crippen molar-refractivity contribution in [1.29, 1.82) is 0 Å². The number of amides is 2. The van der Waals surface area contributed by atoms with Crippen molar-refractivity contribution >= 4 is 11.8 Å². The van der Waals surface area contributed by atoms with Crippen LogP contribution in [0.2, 0.25) is 0 Å². The zero-order valence-corrected chi connectivity index (χ0v) is 15.2. The number of carbonyl (C=O) groups excluding carboxylic acids is 1. The number of ether oxygens (including phenoxy) is 1. The Bertz CT molecular complexity index is 786. The molecule has 1 saturated heterocycles. The van der Waals surface area contributed by atoms with Crippen molar-refractivity contribution in [2.24, 2.45) is 0 Å². The van der Waals surface area contributed by atoms with Crippen LogP contribution in [0.5, 0.6) is 0 Å². The van der Waals surface area contributed by atoms with E-state index in [9.17, 15) is 9.90 Å². The van der Waals surface area contributed by atoms with Crippen molar-refractivity contribution < 1.29 is 14.6 Å². The van der Waals surface area contributed by atoms with Crippen LogP contribution in [-0.4, -0.2) is 34.9 Å². The van der Waals surface area contributed by atoms with Gasteiger partial charge in [-0.25, -0.2) is 9.78 Å². The molecule has 2 atom stereocenters. The molecule has 6 nitrogen and oxygen atoms in total. The molecule has 0 bridgehead atoms. The number of carbonyl (C=O) groups is 1. The molecule has 2 aliphatic rings. The highest BCUT2D eigenvalue weighted by Crippen LogP contribution is 2.42. The summed E-state index contributed by atoms with van der Waals surface area (Å²) in [6, 6.07) is 12.7. The summed E-state index contributed by atoms with van der Waals surface area (Å²) in [6.07, 6.45) is 5.02. The lowest BCUT2D eigenvalue weighted by molar-refractivity contribution is -0.0627. The summed E-state index contributed by atoms with van der Waals surface area (Å²) in [5.74, 6) is 0.855. The second-order valence-electron chi connectivity index (χ2n) is 7.43. The lowest BCUT2D eigenvalue weighted by Crippen LogP contribution is -2.51.